The monoisotopic (exact) mass is 312 g/mol. The van der Waals surface area contributed by atoms with Crippen LogP contribution in [0.25, 0.3) is 22.4 Å². The number of anilines is 1. The predicted octanol–water partition coefficient (Wildman–Crippen LogP) is 1.90. The number of H-pyrrole nitrogens is 1. The zero-order valence-electron chi connectivity index (χ0n) is 10.6. The van der Waals surface area contributed by atoms with E-state index in [-0.39, 0.29) is 28.2 Å². The normalized spacial score (nSPS) is 11.3. The molecule has 10 heteroatoms. The summed E-state index contributed by atoms with van der Waals surface area (Å²) in [5.41, 5.74) is 5.58. The van der Waals surface area contributed by atoms with Crippen molar-refractivity contribution in [2.75, 3.05) is 5.73 Å². The summed E-state index contributed by atoms with van der Waals surface area (Å²) in [5.74, 6) is -2.45. The lowest BCUT2D eigenvalue weighted by atomic mass is 10.1. The summed E-state index contributed by atoms with van der Waals surface area (Å²) in [7, 11) is 0. The molecular formula is C12H7F3N4O3. The summed E-state index contributed by atoms with van der Waals surface area (Å²) < 4.78 is 46.8. The number of nitrogens with two attached hydrogens (primary N) is 1. The third kappa shape index (κ3) is 2.34. The van der Waals surface area contributed by atoms with E-state index in [1.165, 1.54) is 6.07 Å². The molecule has 0 bridgehead atoms. The van der Waals surface area contributed by atoms with Crippen LogP contribution in [0.15, 0.2) is 27.5 Å². The van der Waals surface area contributed by atoms with E-state index < -0.39 is 24.1 Å². The number of ether oxygens (including phenoxy) is 1. The number of benzene rings is 1. The molecule has 3 N–H and O–H groups in total. The lowest BCUT2D eigenvalue weighted by Gasteiger charge is -2.07. The first-order valence-electron chi connectivity index (χ1n) is 5.84. The van der Waals surface area contributed by atoms with Crippen LogP contribution < -0.4 is 16.2 Å². The molecule has 3 rings (SSSR count). The summed E-state index contributed by atoms with van der Waals surface area (Å²) in [5, 5.41) is 0. The Balaban J connectivity index is 2.14. The van der Waals surface area contributed by atoms with E-state index in [9.17, 15) is 18.0 Å². The standard InChI is InChI=1S/C12H7F3N4O3/c13-5-2-1-4(8-7(5)19-12(20)21-8)6-3-17-10(9(16)18-6)22-11(14)15/h1-3,11H,(H2,16,18)(H,19,20). The molecule has 0 atom stereocenters. The molecule has 0 radical (unpaired) electrons. The molecule has 0 saturated heterocycles. The van der Waals surface area contributed by atoms with E-state index >= 15 is 0 Å². The van der Waals surface area contributed by atoms with E-state index in [1.54, 1.807) is 0 Å². The van der Waals surface area contributed by atoms with Crippen molar-refractivity contribution in [3.05, 3.63) is 34.7 Å². The van der Waals surface area contributed by atoms with Gasteiger partial charge in [0.2, 0.25) is 0 Å². The Morgan fingerprint density at radius 1 is 1.36 bits per heavy atom. The maximum absolute atomic E-state index is 13.6. The molecule has 0 amide bonds. The average molecular weight is 312 g/mol. The molecule has 0 fully saturated rings. The highest BCUT2D eigenvalue weighted by atomic mass is 19.3. The van der Waals surface area contributed by atoms with Gasteiger partial charge >= 0.3 is 12.4 Å². The van der Waals surface area contributed by atoms with Gasteiger partial charge < -0.3 is 14.9 Å². The van der Waals surface area contributed by atoms with Gasteiger partial charge in [-0.15, -0.1) is 0 Å². The van der Waals surface area contributed by atoms with Gasteiger partial charge in [0.15, 0.2) is 17.2 Å². The van der Waals surface area contributed by atoms with Crippen molar-refractivity contribution in [3.63, 3.8) is 0 Å². The van der Waals surface area contributed by atoms with E-state index in [2.05, 4.69) is 19.7 Å². The first-order valence-corrected chi connectivity index (χ1v) is 5.84. The Hall–Kier alpha value is -3.04. The number of alkyl halides is 2. The van der Waals surface area contributed by atoms with Crippen LogP contribution in [0.1, 0.15) is 0 Å². The van der Waals surface area contributed by atoms with E-state index in [0.29, 0.717) is 0 Å². The van der Waals surface area contributed by atoms with Gasteiger partial charge in [0, 0.05) is 5.56 Å². The summed E-state index contributed by atoms with van der Waals surface area (Å²) in [6.45, 7) is -3.09. The number of rotatable bonds is 3. The first-order chi connectivity index (χ1) is 10.5. The maximum Gasteiger partial charge on any atom is 0.417 e. The molecular weight excluding hydrogens is 305 g/mol. The van der Waals surface area contributed by atoms with Crippen LogP contribution in [0.5, 0.6) is 5.88 Å². The van der Waals surface area contributed by atoms with E-state index in [1.807, 2.05) is 0 Å². The van der Waals surface area contributed by atoms with E-state index in [0.717, 1.165) is 12.3 Å². The largest absolute Gasteiger partial charge is 0.417 e. The molecule has 3 aromatic rings. The molecule has 2 aromatic heterocycles. The Labute approximate surface area is 119 Å². The topological polar surface area (TPSA) is 107 Å². The van der Waals surface area contributed by atoms with Gasteiger partial charge in [-0.05, 0) is 12.1 Å². The number of halogens is 3. The van der Waals surface area contributed by atoms with Gasteiger partial charge in [0.25, 0.3) is 5.88 Å². The number of nitrogen functional groups attached to an aromatic ring is 1. The van der Waals surface area contributed by atoms with Crippen molar-refractivity contribution in [1.82, 2.24) is 15.0 Å². The fraction of sp³-hybridized carbons (Fsp3) is 0.0833. The molecule has 0 unspecified atom stereocenters. The predicted molar refractivity (Wildman–Crippen MR) is 68.9 cm³/mol. The van der Waals surface area contributed by atoms with Gasteiger partial charge in [-0.2, -0.15) is 8.78 Å². The smallest absolute Gasteiger partial charge is 0.413 e. The highest BCUT2D eigenvalue weighted by molar-refractivity contribution is 5.89. The van der Waals surface area contributed by atoms with Gasteiger partial charge in [0.05, 0.1) is 11.9 Å². The number of hydrogen-bond acceptors (Lipinski definition) is 6. The summed E-state index contributed by atoms with van der Waals surface area (Å²) in [6, 6.07) is 2.39. The van der Waals surface area contributed by atoms with Gasteiger partial charge in [0.1, 0.15) is 5.52 Å². The van der Waals surface area contributed by atoms with Gasteiger partial charge in [-0.25, -0.2) is 19.2 Å². The van der Waals surface area contributed by atoms with Crippen LogP contribution in [0.2, 0.25) is 0 Å². The fourth-order valence-electron chi connectivity index (χ4n) is 1.90. The quantitative estimate of drug-likeness (QED) is 0.765. The molecule has 0 aliphatic rings. The first kappa shape index (κ1) is 13.9. The number of aromatic nitrogens is 3. The second-order valence-electron chi connectivity index (χ2n) is 4.14. The molecule has 1 aromatic carbocycles. The highest BCUT2D eigenvalue weighted by Crippen LogP contribution is 2.29. The molecule has 2 heterocycles. The number of nitrogens with one attached hydrogen (secondary N) is 1. The fourth-order valence-corrected chi connectivity index (χ4v) is 1.90. The summed E-state index contributed by atoms with van der Waals surface area (Å²) in [4.78, 5) is 20.9. The minimum atomic E-state index is -3.09. The number of oxazole rings is 1. The number of aromatic amines is 1. The van der Waals surface area contributed by atoms with Crippen LogP contribution in [-0.2, 0) is 0 Å². The van der Waals surface area contributed by atoms with Crippen LogP contribution in [0.3, 0.4) is 0 Å². The number of hydrogen-bond donors (Lipinski definition) is 2. The molecule has 0 aliphatic carbocycles. The van der Waals surface area contributed by atoms with Crippen molar-refractivity contribution in [2.24, 2.45) is 0 Å². The van der Waals surface area contributed by atoms with Crippen molar-refractivity contribution in [1.29, 1.82) is 0 Å². The van der Waals surface area contributed by atoms with Crippen LogP contribution in [-0.4, -0.2) is 21.6 Å². The summed E-state index contributed by atoms with van der Waals surface area (Å²) >= 11 is 0. The van der Waals surface area contributed by atoms with Crippen LogP contribution in [0.4, 0.5) is 19.0 Å². The number of nitrogens with zero attached hydrogens (tertiary/aromatic N) is 2. The Morgan fingerprint density at radius 2 is 2.14 bits per heavy atom. The van der Waals surface area contributed by atoms with Crippen LogP contribution in [0, 0.1) is 5.82 Å². The zero-order valence-corrected chi connectivity index (χ0v) is 10.6. The highest BCUT2D eigenvalue weighted by Gasteiger charge is 2.17. The van der Waals surface area contributed by atoms with Gasteiger partial charge in [-0.1, -0.05) is 0 Å². The second kappa shape index (κ2) is 5.06. The second-order valence-corrected chi connectivity index (χ2v) is 4.14. The van der Waals surface area contributed by atoms with Crippen molar-refractivity contribution >= 4 is 16.9 Å². The zero-order chi connectivity index (χ0) is 15.9. The minimum absolute atomic E-state index is 0.0822. The third-order valence-corrected chi connectivity index (χ3v) is 2.77. The lowest BCUT2D eigenvalue weighted by Crippen LogP contribution is -2.07. The lowest BCUT2D eigenvalue weighted by molar-refractivity contribution is -0.0524. The Bertz CT molecular complexity index is 906. The Kier molecular flexibility index (Phi) is 3.20. The van der Waals surface area contributed by atoms with Crippen molar-refractivity contribution in [2.45, 2.75) is 6.61 Å². The SMILES string of the molecule is Nc1nc(-c2ccc(F)c3[nH]c(=O)oc23)cnc1OC(F)F. The molecule has 0 aliphatic heterocycles. The molecule has 22 heavy (non-hydrogen) atoms. The molecule has 0 spiro atoms. The van der Waals surface area contributed by atoms with E-state index in [4.69, 9.17) is 10.2 Å². The summed E-state index contributed by atoms with van der Waals surface area (Å²) in [6.07, 6.45) is 1.09. The molecule has 114 valence electrons. The third-order valence-electron chi connectivity index (χ3n) is 2.77. The van der Waals surface area contributed by atoms with Crippen molar-refractivity contribution < 1.29 is 22.3 Å². The maximum atomic E-state index is 13.6. The van der Waals surface area contributed by atoms with Crippen LogP contribution >= 0.6 is 0 Å². The van der Waals surface area contributed by atoms with Crippen molar-refractivity contribution in [3.8, 4) is 17.1 Å². The Morgan fingerprint density at radius 3 is 2.82 bits per heavy atom. The van der Waals surface area contributed by atoms with Gasteiger partial charge in [-0.3, -0.25) is 4.98 Å². The number of fused-ring (bicyclic) bond motifs is 1. The molecule has 0 saturated carbocycles. The minimum Gasteiger partial charge on any atom is -0.413 e. The molecule has 7 nitrogen and oxygen atoms in total. The average Bonchev–Trinajstić information content (AvgIpc) is 2.84.